The van der Waals surface area contributed by atoms with Crippen molar-refractivity contribution >= 4 is 21.8 Å². The first-order chi connectivity index (χ1) is 11.2. The maximum Gasteiger partial charge on any atom is 0.212 e. The third-order valence-corrected chi connectivity index (χ3v) is 3.87. The van der Waals surface area contributed by atoms with E-state index < -0.39 is 5.95 Å². The van der Waals surface area contributed by atoms with E-state index in [4.69, 9.17) is 0 Å². The topological polar surface area (TPSA) is 30.7 Å². The molecule has 0 amide bonds. The molecule has 0 saturated heterocycles. The van der Waals surface area contributed by atoms with Crippen molar-refractivity contribution in [2.24, 2.45) is 7.05 Å². The van der Waals surface area contributed by atoms with Gasteiger partial charge in [-0.3, -0.25) is 4.98 Å². The average molecular weight is 307 g/mol. The van der Waals surface area contributed by atoms with E-state index in [9.17, 15) is 4.39 Å². The van der Waals surface area contributed by atoms with Crippen LogP contribution in [0.4, 0.5) is 4.39 Å². The van der Waals surface area contributed by atoms with Crippen molar-refractivity contribution in [1.82, 2.24) is 14.5 Å². The molecule has 4 aromatic rings. The van der Waals surface area contributed by atoms with Crippen molar-refractivity contribution in [1.29, 1.82) is 0 Å². The van der Waals surface area contributed by atoms with Gasteiger partial charge in [0, 0.05) is 47.5 Å². The first kappa shape index (κ1) is 15.2. The molecular weight excluding hydrogens is 289 g/mol. The van der Waals surface area contributed by atoms with Gasteiger partial charge in [0.05, 0.1) is 5.52 Å². The Balaban J connectivity index is 0.000000753. The molecule has 0 atom stereocenters. The number of aromatic nitrogens is 3. The molecular formula is C19H18FN3. The molecule has 3 heterocycles. The van der Waals surface area contributed by atoms with E-state index in [2.05, 4.69) is 26.7 Å². The number of aryl methyl sites for hydroxylation is 1. The summed E-state index contributed by atoms with van der Waals surface area (Å²) in [5.41, 5.74) is 4.20. The first-order valence-electron chi connectivity index (χ1n) is 7.68. The summed E-state index contributed by atoms with van der Waals surface area (Å²) in [6.07, 6.45) is 5.24. The van der Waals surface area contributed by atoms with Crippen LogP contribution in [0.3, 0.4) is 0 Å². The van der Waals surface area contributed by atoms with Crippen molar-refractivity contribution in [2.75, 3.05) is 0 Å². The van der Waals surface area contributed by atoms with Gasteiger partial charge < -0.3 is 4.57 Å². The molecule has 0 N–H and O–H groups in total. The van der Waals surface area contributed by atoms with E-state index in [-0.39, 0.29) is 0 Å². The largest absolute Gasteiger partial charge is 0.343 e. The van der Waals surface area contributed by atoms with Crippen LogP contribution in [0, 0.1) is 5.95 Å². The zero-order valence-corrected chi connectivity index (χ0v) is 13.4. The van der Waals surface area contributed by atoms with E-state index in [0.717, 1.165) is 27.5 Å². The number of rotatable bonds is 1. The van der Waals surface area contributed by atoms with Crippen molar-refractivity contribution in [3.8, 4) is 11.1 Å². The maximum atomic E-state index is 12.9. The van der Waals surface area contributed by atoms with Gasteiger partial charge in [-0.25, -0.2) is 4.98 Å². The molecule has 0 unspecified atom stereocenters. The number of halogens is 1. The highest BCUT2D eigenvalue weighted by molar-refractivity contribution is 6.08. The molecule has 116 valence electrons. The summed E-state index contributed by atoms with van der Waals surface area (Å²) < 4.78 is 15.1. The van der Waals surface area contributed by atoms with Crippen LogP contribution >= 0.6 is 0 Å². The van der Waals surface area contributed by atoms with Crippen molar-refractivity contribution < 1.29 is 4.39 Å². The Morgan fingerprint density at radius 1 is 0.870 bits per heavy atom. The van der Waals surface area contributed by atoms with Gasteiger partial charge in [-0.1, -0.05) is 26.0 Å². The van der Waals surface area contributed by atoms with Crippen LogP contribution in [0.15, 0.2) is 55.0 Å². The lowest BCUT2D eigenvalue weighted by Gasteiger charge is -2.03. The summed E-state index contributed by atoms with van der Waals surface area (Å²) in [6, 6.07) is 11.3. The molecule has 3 aromatic heterocycles. The molecule has 0 saturated carbocycles. The van der Waals surface area contributed by atoms with Crippen molar-refractivity contribution in [2.45, 2.75) is 13.8 Å². The van der Waals surface area contributed by atoms with Gasteiger partial charge in [0.25, 0.3) is 0 Å². The predicted molar refractivity (Wildman–Crippen MR) is 92.8 cm³/mol. The summed E-state index contributed by atoms with van der Waals surface area (Å²) in [5, 5.41) is 2.30. The normalized spacial score (nSPS) is 10.6. The second-order valence-electron chi connectivity index (χ2n) is 5.05. The smallest absolute Gasteiger partial charge is 0.212 e. The number of nitrogens with zero attached hydrogens (tertiary/aromatic N) is 3. The first-order valence-corrected chi connectivity index (χ1v) is 7.68. The molecule has 0 aliphatic rings. The van der Waals surface area contributed by atoms with Gasteiger partial charge in [-0.05, 0) is 29.8 Å². The molecule has 3 nitrogen and oxygen atoms in total. The van der Waals surface area contributed by atoms with Gasteiger partial charge in [-0.15, -0.1) is 0 Å². The Kier molecular flexibility index (Phi) is 4.06. The van der Waals surface area contributed by atoms with E-state index in [0.29, 0.717) is 0 Å². The minimum atomic E-state index is -0.462. The molecule has 0 fully saturated rings. The Morgan fingerprint density at radius 2 is 1.65 bits per heavy atom. The maximum absolute atomic E-state index is 12.9. The fourth-order valence-electron chi connectivity index (χ4n) is 2.78. The van der Waals surface area contributed by atoms with Crippen LogP contribution in [0.5, 0.6) is 0 Å². The van der Waals surface area contributed by atoms with E-state index >= 15 is 0 Å². The van der Waals surface area contributed by atoms with Crippen LogP contribution in [-0.2, 0) is 7.05 Å². The zero-order chi connectivity index (χ0) is 16.4. The third kappa shape index (κ3) is 2.57. The Bertz CT molecular complexity index is 956. The lowest BCUT2D eigenvalue weighted by atomic mass is 10.1. The highest BCUT2D eigenvalue weighted by Crippen LogP contribution is 2.30. The minimum absolute atomic E-state index is 0.462. The van der Waals surface area contributed by atoms with E-state index in [1.807, 2.05) is 39.2 Å². The molecule has 23 heavy (non-hydrogen) atoms. The average Bonchev–Trinajstić information content (AvgIpc) is 2.90. The second kappa shape index (κ2) is 6.16. The fourth-order valence-corrected chi connectivity index (χ4v) is 2.78. The standard InChI is InChI=1S/C17H12FN3.C2H6/c1-21-15-6-7-19-10-14(15)13-4-2-11(8-16(13)21)12-3-5-17(18)20-9-12;1-2/h2-10H,1H3;1-2H3. The lowest BCUT2D eigenvalue weighted by molar-refractivity contribution is 0.584. The van der Waals surface area contributed by atoms with Crippen LogP contribution < -0.4 is 0 Å². The van der Waals surface area contributed by atoms with Crippen LogP contribution in [0.2, 0.25) is 0 Å². The summed E-state index contributed by atoms with van der Waals surface area (Å²) in [4.78, 5) is 7.92. The lowest BCUT2D eigenvalue weighted by Crippen LogP contribution is -1.88. The van der Waals surface area contributed by atoms with E-state index in [1.54, 1.807) is 18.5 Å². The fraction of sp³-hybridized carbons (Fsp3) is 0.158. The highest BCUT2D eigenvalue weighted by Gasteiger charge is 2.09. The van der Waals surface area contributed by atoms with Gasteiger partial charge in [0.1, 0.15) is 0 Å². The Morgan fingerprint density at radius 3 is 2.39 bits per heavy atom. The number of fused-ring (bicyclic) bond motifs is 3. The number of benzene rings is 1. The van der Waals surface area contributed by atoms with Crippen molar-refractivity contribution in [3.05, 3.63) is 60.9 Å². The zero-order valence-electron chi connectivity index (χ0n) is 13.4. The summed E-state index contributed by atoms with van der Waals surface area (Å²) in [6.45, 7) is 4.00. The third-order valence-electron chi connectivity index (χ3n) is 3.87. The molecule has 1 aromatic carbocycles. The number of hydrogen-bond donors (Lipinski definition) is 0. The van der Waals surface area contributed by atoms with Gasteiger partial charge in [0.2, 0.25) is 5.95 Å². The summed E-state index contributed by atoms with van der Waals surface area (Å²) >= 11 is 0. The Hall–Kier alpha value is -2.75. The highest BCUT2D eigenvalue weighted by atomic mass is 19.1. The molecule has 0 bridgehead atoms. The van der Waals surface area contributed by atoms with Crippen LogP contribution in [-0.4, -0.2) is 14.5 Å². The molecule has 0 spiro atoms. The SMILES string of the molecule is CC.Cn1c2ccncc2c2ccc(-c3ccc(F)nc3)cc21. The summed E-state index contributed by atoms with van der Waals surface area (Å²) in [7, 11) is 2.04. The number of hydrogen-bond acceptors (Lipinski definition) is 2. The Labute approximate surface area is 134 Å². The molecule has 0 aliphatic carbocycles. The molecule has 0 radical (unpaired) electrons. The minimum Gasteiger partial charge on any atom is -0.343 e. The van der Waals surface area contributed by atoms with E-state index in [1.165, 1.54) is 11.5 Å². The predicted octanol–water partition coefficient (Wildman–Crippen LogP) is 4.95. The molecule has 4 heteroatoms. The van der Waals surface area contributed by atoms with Gasteiger partial charge in [-0.2, -0.15) is 4.39 Å². The van der Waals surface area contributed by atoms with Crippen LogP contribution in [0.25, 0.3) is 32.9 Å². The van der Waals surface area contributed by atoms with Gasteiger partial charge >= 0.3 is 0 Å². The monoisotopic (exact) mass is 307 g/mol. The van der Waals surface area contributed by atoms with Crippen LogP contribution in [0.1, 0.15) is 13.8 Å². The molecule has 4 rings (SSSR count). The summed E-state index contributed by atoms with van der Waals surface area (Å²) in [5.74, 6) is -0.462. The van der Waals surface area contributed by atoms with Gasteiger partial charge in [0.15, 0.2) is 0 Å². The second-order valence-corrected chi connectivity index (χ2v) is 5.05. The van der Waals surface area contributed by atoms with Crippen molar-refractivity contribution in [3.63, 3.8) is 0 Å². The number of pyridine rings is 2. The quantitative estimate of drug-likeness (QED) is 0.466. The molecule has 0 aliphatic heterocycles.